The maximum atomic E-state index is 11.2. The van der Waals surface area contributed by atoms with E-state index in [0.29, 0.717) is 19.6 Å². The highest BCUT2D eigenvalue weighted by molar-refractivity contribution is 7.92. The van der Waals surface area contributed by atoms with E-state index in [0.717, 1.165) is 0 Å². The summed E-state index contributed by atoms with van der Waals surface area (Å²) in [6.07, 6.45) is 0. The molecule has 0 amide bonds. The smallest absolute Gasteiger partial charge is 0.153 e. The first-order valence-electron chi connectivity index (χ1n) is 4.13. The Labute approximate surface area is 74.4 Å². The first-order valence-corrected chi connectivity index (χ1v) is 5.84. The summed E-state index contributed by atoms with van der Waals surface area (Å²) in [7, 11) is -2.88. The van der Waals surface area contributed by atoms with Gasteiger partial charge in [0.2, 0.25) is 0 Å². The van der Waals surface area contributed by atoms with E-state index in [-0.39, 0.29) is 11.0 Å². The van der Waals surface area contributed by atoms with Crippen LogP contribution in [0.4, 0.5) is 0 Å². The zero-order valence-electron chi connectivity index (χ0n) is 7.71. The van der Waals surface area contributed by atoms with Crippen molar-refractivity contribution in [3.8, 4) is 0 Å². The Morgan fingerprint density at radius 1 is 1.33 bits per heavy atom. The van der Waals surface area contributed by atoms with Crippen molar-refractivity contribution in [3.05, 3.63) is 0 Å². The van der Waals surface area contributed by atoms with Gasteiger partial charge in [-0.1, -0.05) is 0 Å². The van der Waals surface area contributed by atoms with Crippen molar-refractivity contribution in [2.75, 3.05) is 25.4 Å². The molecule has 4 nitrogen and oxygen atoms in total. The third-order valence-corrected chi connectivity index (χ3v) is 3.81. The lowest BCUT2D eigenvalue weighted by molar-refractivity contribution is 0.582. The van der Waals surface area contributed by atoms with Crippen LogP contribution in [0.1, 0.15) is 13.8 Å². The number of hydrogen-bond donors (Lipinski definition) is 2. The zero-order chi connectivity index (χ0) is 9.61. The van der Waals surface area contributed by atoms with Gasteiger partial charge >= 0.3 is 0 Å². The van der Waals surface area contributed by atoms with Gasteiger partial charge in [0, 0.05) is 19.6 Å². The average molecular weight is 194 g/mol. The summed E-state index contributed by atoms with van der Waals surface area (Å²) in [5.41, 5.74) is 5.23. The van der Waals surface area contributed by atoms with Gasteiger partial charge in [-0.05, 0) is 13.8 Å². The van der Waals surface area contributed by atoms with Crippen LogP contribution in [0.25, 0.3) is 0 Å². The van der Waals surface area contributed by atoms with Crippen molar-refractivity contribution in [1.82, 2.24) is 5.32 Å². The molecule has 0 fully saturated rings. The van der Waals surface area contributed by atoms with Crippen LogP contribution in [-0.4, -0.2) is 39.1 Å². The number of nitrogens with one attached hydrogen (secondary N) is 1. The van der Waals surface area contributed by atoms with Crippen molar-refractivity contribution < 1.29 is 8.42 Å². The molecule has 0 saturated heterocycles. The molecule has 0 bridgehead atoms. The van der Waals surface area contributed by atoms with Crippen molar-refractivity contribution in [2.45, 2.75) is 19.1 Å². The molecule has 0 aliphatic rings. The van der Waals surface area contributed by atoms with E-state index < -0.39 is 9.84 Å². The van der Waals surface area contributed by atoms with E-state index in [1.807, 2.05) is 0 Å². The number of nitrogens with two attached hydrogens (primary N) is 1. The highest BCUT2D eigenvalue weighted by Crippen LogP contribution is 1.98. The lowest BCUT2D eigenvalue weighted by Crippen LogP contribution is -2.30. The van der Waals surface area contributed by atoms with Crippen molar-refractivity contribution in [1.29, 1.82) is 0 Å². The zero-order valence-corrected chi connectivity index (χ0v) is 8.52. The van der Waals surface area contributed by atoms with E-state index >= 15 is 0 Å². The molecule has 0 atom stereocenters. The van der Waals surface area contributed by atoms with Gasteiger partial charge in [0.15, 0.2) is 9.84 Å². The third-order valence-electron chi connectivity index (χ3n) is 1.60. The molecule has 0 unspecified atom stereocenters. The first kappa shape index (κ1) is 11.9. The molecule has 0 aromatic heterocycles. The Bertz CT molecular complexity index is 199. The van der Waals surface area contributed by atoms with E-state index in [1.165, 1.54) is 0 Å². The van der Waals surface area contributed by atoms with Crippen LogP contribution in [0.5, 0.6) is 0 Å². The molecule has 0 aromatic carbocycles. The fourth-order valence-electron chi connectivity index (χ4n) is 0.677. The summed E-state index contributed by atoms with van der Waals surface area (Å²) in [6.45, 7) is 5.10. The van der Waals surface area contributed by atoms with Gasteiger partial charge in [0.05, 0.1) is 11.0 Å². The summed E-state index contributed by atoms with van der Waals surface area (Å²) >= 11 is 0. The van der Waals surface area contributed by atoms with Gasteiger partial charge in [0.1, 0.15) is 0 Å². The minimum absolute atomic E-state index is 0.199. The molecule has 0 spiro atoms. The molecular formula is C7H18N2O2S. The highest BCUT2D eigenvalue weighted by atomic mass is 32.2. The number of hydrogen-bond acceptors (Lipinski definition) is 4. The average Bonchev–Trinajstić information content (AvgIpc) is 1.98. The maximum absolute atomic E-state index is 11.2. The summed E-state index contributed by atoms with van der Waals surface area (Å²) in [4.78, 5) is 0. The predicted octanol–water partition coefficient (Wildman–Crippen LogP) is -0.642. The quantitative estimate of drug-likeness (QED) is 0.552. The normalized spacial score (nSPS) is 12.3. The van der Waals surface area contributed by atoms with E-state index in [1.54, 1.807) is 13.8 Å². The number of rotatable bonds is 6. The number of sulfone groups is 1. The summed E-state index contributed by atoms with van der Waals surface area (Å²) in [6, 6.07) is 0. The molecule has 0 aliphatic carbocycles. The molecule has 0 heterocycles. The topological polar surface area (TPSA) is 72.2 Å². The molecular weight excluding hydrogens is 176 g/mol. The monoisotopic (exact) mass is 194 g/mol. The molecule has 0 saturated carbocycles. The van der Waals surface area contributed by atoms with Crippen LogP contribution >= 0.6 is 0 Å². The lowest BCUT2D eigenvalue weighted by Gasteiger charge is -2.07. The minimum Gasteiger partial charge on any atom is -0.329 e. The van der Waals surface area contributed by atoms with E-state index in [4.69, 9.17) is 5.73 Å². The Balaban J connectivity index is 3.63. The summed E-state index contributed by atoms with van der Waals surface area (Å²) in [5, 5.41) is 2.66. The third kappa shape index (κ3) is 4.69. The van der Waals surface area contributed by atoms with Crippen LogP contribution in [-0.2, 0) is 9.84 Å². The predicted molar refractivity (Wildman–Crippen MR) is 50.8 cm³/mol. The lowest BCUT2D eigenvalue weighted by atomic mass is 10.6. The van der Waals surface area contributed by atoms with Crippen LogP contribution in [0.3, 0.4) is 0 Å². The van der Waals surface area contributed by atoms with Gasteiger partial charge in [-0.3, -0.25) is 0 Å². The van der Waals surface area contributed by atoms with E-state index in [9.17, 15) is 8.42 Å². The largest absolute Gasteiger partial charge is 0.329 e. The van der Waals surface area contributed by atoms with Gasteiger partial charge in [0.25, 0.3) is 0 Å². The van der Waals surface area contributed by atoms with Crippen LogP contribution in [0.15, 0.2) is 0 Å². The van der Waals surface area contributed by atoms with Crippen molar-refractivity contribution in [3.63, 3.8) is 0 Å². The highest BCUT2D eigenvalue weighted by Gasteiger charge is 2.14. The fourth-order valence-corrected chi connectivity index (χ4v) is 1.58. The maximum Gasteiger partial charge on any atom is 0.153 e. The second kappa shape index (κ2) is 5.50. The molecule has 0 radical (unpaired) electrons. The molecule has 74 valence electrons. The Morgan fingerprint density at radius 2 is 1.92 bits per heavy atom. The van der Waals surface area contributed by atoms with Crippen LogP contribution < -0.4 is 11.1 Å². The molecule has 3 N–H and O–H groups in total. The van der Waals surface area contributed by atoms with Crippen molar-refractivity contribution >= 4 is 9.84 Å². The molecule has 12 heavy (non-hydrogen) atoms. The summed E-state index contributed by atoms with van der Waals surface area (Å²) in [5.74, 6) is 0.199. The Hall–Kier alpha value is -0.130. The molecule has 5 heteroatoms. The van der Waals surface area contributed by atoms with E-state index in [2.05, 4.69) is 5.32 Å². The molecule has 0 rings (SSSR count). The Kier molecular flexibility index (Phi) is 5.44. The summed E-state index contributed by atoms with van der Waals surface area (Å²) < 4.78 is 22.4. The van der Waals surface area contributed by atoms with Gasteiger partial charge < -0.3 is 11.1 Å². The van der Waals surface area contributed by atoms with Gasteiger partial charge in [-0.2, -0.15) is 0 Å². The Morgan fingerprint density at radius 3 is 2.33 bits per heavy atom. The SMILES string of the molecule is CC(C)S(=O)(=O)CCNCCN. The van der Waals surface area contributed by atoms with Crippen LogP contribution in [0.2, 0.25) is 0 Å². The van der Waals surface area contributed by atoms with Gasteiger partial charge in [-0.25, -0.2) is 8.42 Å². The standard InChI is InChI=1S/C7H18N2O2S/c1-7(2)12(10,11)6-5-9-4-3-8/h7,9H,3-6,8H2,1-2H3. The second-order valence-electron chi connectivity index (χ2n) is 2.95. The minimum atomic E-state index is -2.88. The second-order valence-corrected chi connectivity index (χ2v) is 5.63. The fraction of sp³-hybridized carbons (Fsp3) is 1.00. The van der Waals surface area contributed by atoms with Crippen molar-refractivity contribution in [2.24, 2.45) is 5.73 Å². The van der Waals surface area contributed by atoms with Gasteiger partial charge in [-0.15, -0.1) is 0 Å². The first-order chi connectivity index (χ1) is 5.50. The van der Waals surface area contributed by atoms with Crippen LogP contribution in [0, 0.1) is 0 Å². The molecule has 0 aliphatic heterocycles. The molecule has 0 aromatic rings.